The Kier molecular flexibility index (Phi) is 10.5. The number of carbonyl (C=O) groups is 2. The third-order valence-electron chi connectivity index (χ3n) is 9.78. The maximum atomic E-state index is 14.1. The van der Waals surface area contributed by atoms with Crippen LogP contribution in [-0.2, 0) is 28.3 Å². The molecule has 2 amide bonds. The number of amides is 2. The van der Waals surface area contributed by atoms with Crippen LogP contribution in [0.2, 0.25) is 0 Å². The van der Waals surface area contributed by atoms with Crippen molar-refractivity contribution < 1.29 is 24.7 Å². The zero-order chi connectivity index (χ0) is 35.3. The Balaban J connectivity index is 1.17. The van der Waals surface area contributed by atoms with Crippen LogP contribution in [-0.4, -0.2) is 55.1 Å². The predicted molar refractivity (Wildman–Crippen MR) is 188 cm³/mol. The summed E-state index contributed by atoms with van der Waals surface area (Å²) in [7, 11) is 0. The Bertz CT molecular complexity index is 1860. The van der Waals surface area contributed by atoms with Gasteiger partial charge in [-0.1, -0.05) is 79.6 Å². The van der Waals surface area contributed by atoms with Crippen molar-refractivity contribution in [3.05, 3.63) is 124 Å². The van der Waals surface area contributed by atoms with E-state index in [9.17, 15) is 29.9 Å². The van der Waals surface area contributed by atoms with Crippen LogP contribution in [0.25, 0.3) is 0 Å². The number of non-ortho nitro benzene ring substituents is 1. The van der Waals surface area contributed by atoms with E-state index < -0.39 is 22.3 Å². The van der Waals surface area contributed by atoms with Crippen molar-refractivity contribution in [1.82, 2.24) is 15.0 Å². The summed E-state index contributed by atoms with van der Waals surface area (Å²) in [5.74, 6) is -1.46. The average Bonchev–Trinajstić information content (AvgIpc) is 3.67. The van der Waals surface area contributed by atoms with Crippen molar-refractivity contribution >= 4 is 28.9 Å². The van der Waals surface area contributed by atoms with Gasteiger partial charge in [-0.25, -0.2) is 0 Å². The summed E-state index contributed by atoms with van der Waals surface area (Å²) in [6.45, 7) is 2.90. The Labute approximate surface area is 290 Å². The number of anilines is 2. The minimum Gasteiger partial charge on any atom is -0.395 e. The molecule has 2 aliphatic rings. The SMILES string of the molecule is C[C@H](/C=C/CCn1cc(C(CO)c2ccccc2)nn1)[C@@]1(O)C(=O)N(Cc2ccc(N3CCCCCCC3=O)cc2)c2ccc([N+](=O)[O-])cc21. The van der Waals surface area contributed by atoms with Crippen LogP contribution < -0.4 is 9.80 Å². The fourth-order valence-electron chi connectivity index (χ4n) is 6.89. The van der Waals surface area contributed by atoms with Crippen LogP contribution in [0.15, 0.2) is 91.1 Å². The molecular weight excluding hydrogens is 636 g/mol. The number of aliphatic hydroxyl groups is 2. The number of aryl methyl sites for hydroxylation is 1. The molecule has 0 spiro atoms. The minimum atomic E-state index is -2.03. The van der Waals surface area contributed by atoms with E-state index in [-0.39, 0.29) is 36.2 Å². The number of rotatable bonds is 12. The molecule has 4 aromatic rings. The van der Waals surface area contributed by atoms with E-state index in [1.54, 1.807) is 23.9 Å². The van der Waals surface area contributed by atoms with Gasteiger partial charge in [0.2, 0.25) is 5.91 Å². The Morgan fingerprint density at radius 1 is 1.02 bits per heavy atom. The molecule has 0 aliphatic carbocycles. The quantitative estimate of drug-likeness (QED) is 0.111. The van der Waals surface area contributed by atoms with E-state index >= 15 is 0 Å². The molecule has 0 saturated carbocycles. The first-order valence-corrected chi connectivity index (χ1v) is 17.2. The number of aromatic nitrogens is 3. The molecule has 0 bridgehead atoms. The van der Waals surface area contributed by atoms with E-state index in [1.807, 2.05) is 65.6 Å². The summed E-state index contributed by atoms with van der Waals surface area (Å²) in [6, 6.07) is 21.3. The van der Waals surface area contributed by atoms with Gasteiger partial charge >= 0.3 is 0 Å². The van der Waals surface area contributed by atoms with Crippen LogP contribution in [0.5, 0.6) is 0 Å². The highest BCUT2D eigenvalue weighted by atomic mass is 16.6. The second-order valence-corrected chi connectivity index (χ2v) is 13.1. The van der Waals surface area contributed by atoms with Crippen LogP contribution in [0.3, 0.4) is 0 Å². The van der Waals surface area contributed by atoms with Gasteiger partial charge in [-0.05, 0) is 48.6 Å². The predicted octanol–water partition coefficient (Wildman–Crippen LogP) is 5.62. The third-order valence-corrected chi connectivity index (χ3v) is 9.78. The molecule has 1 unspecified atom stereocenters. The van der Waals surface area contributed by atoms with E-state index in [2.05, 4.69) is 10.3 Å². The Morgan fingerprint density at radius 3 is 2.52 bits per heavy atom. The van der Waals surface area contributed by atoms with Crippen LogP contribution in [0.1, 0.15) is 73.8 Å². The summed E-state index contributed by atoms with van der Waals surface area (Å²) < 4.78 is 1.68. The topological polar surface area (TPSA) is 155 Å². The van der Waals surface area contributed by atoms with Gasteiger partial charge in [-0.2, -0.15) is 0 Å². The normalized spacial score (nSPS) is 19.3. The lowest BCUT2D eigenvalue weighted by Gasteiger charge is -2.28. The zero-order valence-electron chi connectivity index (χ0n) is 28.1. The lowest BCUT2D eigenvalue weighted by atomic mass is 9.82. The van der Waals surface area contributed by atoms with Gasteiger partial charge < -0.3 is 20.0 Å². The highest BCUT2D eigenvalue weighted by molar-refractivity contribution is 6.07. The highest BCUT2D eigenvalue weighted by Gasteiger charge is 2.53. The van der Waals surface area contributed by atoms with Gasteiger partial charge in [0, 0.05) is 55.0 Å². The van der Waals surface area contributed by atoms with E-state index in [4.69, 9.17) is 0 Å². The molecule has 260 valence electrons. The lowest BCUT2D eigenvalue weighted by molar-refractivity contribution is -0.385. The van der Waals surface area contributed by atoms with Crippen LogP contribution >= 0.6 is 0 Å². The fourth-order valence-corrected chi connectivity index (χ4v) is 6.89. The van der Waals surface area contributed by atoms with Crippen molar-refractivity contribution in [2.45, 2.75) is 70.1 Å². The number of nitro groups is 1. The molecule has 12 nitrogen and oxygen atoms in total. The van der Waals surface area contributed by atoms with Gasteiger partial charge in [0.05, 0.1) is 35.4 Å². The molecule has 0 radical (unpaired) electrons. The second kappa shape index (κ2) is 15.1. The number of carbonyl (C=O) groups excluding carboxylic acids is 2. The molecule has 3 heterocycles. The zero-order valence-corrected chi connectivity index (χ0v) is 28.1. The van der Waals surface area contributed by atoms with Gasteiger partial charge in [-0.15, -0.1) is 5.10 Å². The number of fused-ring (bicyclic) bond motifs is 1. The highest BCUT2D eigenvalue weighted by Crippen LogP contribution is 2.47. The molecule has 2 aliphatic heterocycles. The number of aliphatic hydroxyl groups excluding tert-OH is 1. The monoisotopic (exact) mass is 678 g/mol. The smallest absolute Gasteiger partial charge is 0.269 e. The molecule has 12 heteroatoms. The number of nitro benzene ring substituents is 1. The maximum Gasteiger partial charge on any atom is 0.269 e. The van der Waals surface area contributed by atoms with E-state index in [0.29, 0.717) is 37.3 Å². The van der Waals surface area contributed by atoms with Gasteiger partial charge in [-0.3, -0.25) is 24.4 Å². The van der Waals surface area contributed by atoms with Crippen molar-refractivity contribution in [2.24, 2.45) is 5.92 Å². The lowest BCUT2D eigenvalue weighted by Crippen LogP contribution is -2.44. The number of hydrogen-bond acceptors (Lipinski definition) is 8. The molecule has 2 N–H and O–H groups in total. The van der Waals surface area contributed by atoms with E-state index in [0.717, 1.165) is 42.5 Å². The van der Waals surface area contributed by atoms with Gasteiger partial charge in [0.1, 0.15) is 0 Å². The van der Waals surface area contributed by atoms with Gasteiger partial charge in [0.15, 0.2) is 5.60 Å². The van der Waals surface area contributed by atoms with Crippen molar-refractivity contribution in [3.8, 4) is 0 Å². The van der Waals surface area contributed by atoms with Crippen molar-refractivity contribution in [1.29, 1.82) is 0 Å². The first-order chi connectivity index (χ1) is 24.2. The van der Waals surface area contributed by atoms with E-state index in [1.165, 1.54) is 23.1 Å². The number of hydrogen-bond donors (Lipinski definition) is 2. The molecule has 1 fully saturated rings. The first kappa shape index (κ1) is 34.7. The number of allylic oxidation sites excluding steroid dienone is 1. The van der Waals surface area contributed by atoms with Crippen LogP contribution in [0.4, 0.5) is 17.1 Å². The van der Waals surface area contributed by atoms with Crippen molar-refractivity contribution in [3.63, 3.8) is 0 Å². The molecular formula is C38H42N6O6. The molecule has 3 aromatic carbocycles. The molecule has 3 atom stereocenters. The number of nitrogens with zero attached hydrogens (tertiary/aromatic N) is 6. The first-order valence-electron chi connectivity index (χ1n) is 17.2. The molecule has 1 aromatic heterocycles. The largest absolute Gasteiger partial charge is 0.395 e. The summed E-state index contributed by atoms with van der Waals surface area (Å²) >= 11 is 0. The summed E-state index contributed by atoms with van der Waals surface area (Å²) in [6.07, 6.45) is 10.4. The third kappa shape index (κ3) is 7.08. The standard InChI is InChI=1S/C38H42N6O6/c1-27(11-8-10-21-41-25-34(39-40-41)32(26-45)29-12-5-4-6-13-29)38(48)33-23-31(44(49)50)19-20-35(33)43(37(38)47)24-28-15-17-30(18-16-28)42-22-9-3-2-7-14-36(42)46/h4-6,8,11-13,15-20,23,25,27,32,45,48H,2-3,7,9-10,14,21-22,24,26H2,1H3/b11-8+/t27-,32?,38+/m1/s1. The minimum absolute atomic E-state index is 0.103. The summed E-state index contributed by atoms with van der Waals surface area (Å²) in [4.78, 5) is 41.3. The number of benzene rings is 3. The molecule has 1 saturated heterocycles. The summed E-state index contributed by atoms with van der Waals surface area (Å²) in [5.41, 5.74) is 1.56. The Morgan fingerprint density at radius 2 is 1.78 bits per heavy atom. The average molecular weight is 679 g/mol. The second-order valence-electron chi connectivity index (χ2n) is 13.1. The maximum absolute atomic E-state index is 14.1. The van der Waals surface area contributed by atoms with Gasteiger partial charge in [0.25, 0.3) is 11.6 Å². The van der Waals surface area contributed by atoms with Crippen molar-refractivity contribution in [2.75, 3.05) is 23.0 Å². The molecule has 50 heavy (non-hydrogen) atoms. The fraction of sp³-hybridized carbons (Fsp3) is 0.368. The molecule has 6 rings (SSSR count). The van der Waals surface area contributed by atoms with Crippen LogP contribution in [0, 0.1) is 16.0 Å². The summed E-state index contributed by atoms with van der Waals surface area (Å²) in [5, 5.41) is 42.2. The Hall–Kier alpha value is -5.20.